The van der Waals surface area contributed by atoms with E-state index < -0.39 is 0 Å². The molecule has 0 radical (unpaired) electrons. The van der Waals surface area contributed by atoms with Gasteiger partial charge < -0.3 is 4.90 Å². The number of imide groups is 1. The van der Waals surface area contributed by atoms with Crippen molar-refractivity contribution >= 4 is 29.2 Å². The Morgan fingerprint density at radius 3 is 2.50 bits per heavy atom. The number of ketones is 1. The van der Waals surface area contributed by atoms with Crippen molar-refractivity contribution in [2.75, 3.05) is 13.1 Å². The first-order chi connectivity index (χ1) is 15.4. The van der Waals surface area contributed by atoms with Crippen LogP contribution in [-0.4, -0.2) is 46.5 Å². The van der Waals surface area contributed by atoms with Gasteiger partial charge in [0, 0.05) is 23.0 Å². The van der Waals surface area contributed by atoms with Gasteiger partial charge >= 0.3 is 0 Å². The number of hydrogen-bond donors (Lipinski definition) is 0. The molecule has 0 N–H and O–H groups in total. The molecule has 5 nitrogen and oxygen atoms in total. The van der Waals surface area contributed by atoms with E-state index >= 15 is 0 Å². The fraction of sp³-hybridized carbons (Fsp3) is 0.423. The summed E-state index contributed by atoms with van der Waals surface area (Å²) in [6.07, 6.45) is 6.11. The summed E-state index contributed by atoms with van der Waals surface area (Å²) in [6.45, 7) is 4.65. The van der Waals surface area contributed by atoms with Crippen LogP contribution in [-0.2, 0) is 6.54 Å². The second-order valence-electron chi connectivity index (χ2n) is 8.84. The minimum Gasteiger partial charge on any atom is -0.301 e. The molecule has 2 heterocycles. The molecule has 32 heavy (non-hydrogen) atoms. The van der Waals surface area contributed by atoms with Gasteiger partial charge in [-0.05, 0) is 75.5 Å². The molecule has 0 aliphatic carbocycles. The third-order valence-corrected chi connectivity index (χ3v) is 6.84. The standard InChI is InChI=1S/C26H29ClN2O3/c1-18-6-2-4-14-28(18)15-5-3-7-24(30)20-10-13-22-23(16-20)26(32)29(25(22)31)17-19-8-11-21(27)12-9-19/h8-13,16,18H,2-7,14-15,17H2,1H3. The number of hydrogen-bond acceptors (Lipinski definition) is 4. The maximum atomic E-state index is 12.9. The molecule has 2 amide bonds. The first kappa shape index (κ1) is 22.7. The van der Waals surface area contributed by atoms with Crippen molar-refractivity contribution in [2.45, 2.75) is 58.0 Å². The zero-order chi connectivity index (χ0) is 22.7. The topological polar surface area (TPSA) is 57.7 Å². The quantitative estimate of drug-likeness (QED) is 0.307. The van der Waals surface area contributed by atoms with E-state index in [1.165, 1.54) is 24.2 Å². The van der Waals surface area contributed by atoms with Crippen molar-refractivity contribution < 1.29 is 14.4 Å². The number of rotatable bonds is 8. The number of unbranched alkanes of at least 4 members (excludes halogenated alkanes) is 1. The highest BCUT2D eigenvalue weighted by molar-refractivity contribution is 6.30. The Labute approximate surface area is 194 Å². The summed E-state index contributed by atoms with van der Waals surface area (Å²) in [5.41, 5.74) is 2.00. The summed E-state index contributed by atoms with van der Waals surface area (Å²) in [4.78, 5) is 42.1. The zero-order valence-electron chi connectivity index (χ0n) is 18.5. The van der Waals surface area contributed by atoms with Crippen LogP contribution in [0, 0.1) is 0 Å². The minimum atomic E-state index is -0.353. The SMILES string of the molecule is CC1CCCCN1CCCCC(=O)c1ccc2c(c1)C(=O)N(Cc1ccc(Cl)cc1)C2=O. The van der Waals surface area contributed by atoms with Crippen molar-refractivity contribution in [2.24, 2.45) is 0 Å². The number of amides is 2. The van der Waals surface area contributed by atoms with Gasteiger partial charge in [-0.2, -0.15) is 0 Å². The molecule has 0 spiro atoms. The third kappa shape index (κ3) is 4.94. The highest BCUT2D eigenvalue weighted by Gasteiger charge is 2.36. The highest BCUT2D eigenvalue weighted by Crippen LogP contribution is 2.27. The number of nitrogens with zero attached hydrogens (tertiary/aromatic N) is 2. The van der Waals surface area contributed by atoms with Crippen molar-refractivity contribution in [1.29, 1.82) is 0 Å². The van der Waals surface area contributed by atoms with E-state index in [0.717, 1.165) is 31.5 Å². The molecule has 2 aromatic rings. The lowest BCUT2D eigenvalue weighted by Crippen LogP contribution is -2.38. The molecule has 1 saturated heterocycles. The summed E-state index contributed by atoms with van der Waals surface area (Å²) in [5.74, 6) is -0.654. The van der Waals surface area contributed by atoms with E-state index in [0.29, 0.717) is 34.2 Å². The van der Waals surface area contributed by atoms with E-state index in [4.69, 9.17) is 11.6 Å². The number of likely N-dealkylation sites (tertiary alicyclic amines) is 1. The summed E-state index contributed by atoms with van der Waals surface area (Å²) in [6, 6.07) is 12.6. The lowest BCUT2D eigenvalue weighted by atomic mass is 9.99. The molecule has 0 aromatic heterocycles. The highest BCUT2D eigenvalue weighted by atomic mass is 35.5. The lowest BCUT2D eigenvalue weighted by molar-refractivity contribution is 0.0642. The van der Waals surface area contributed by atoms with Crippen molar-refractivity contribution in [3.05, 3.63) is 69.7 Å². The molecule has 2 aliphatic rings. The van der Waals surface area contributed by atoms with Crippen LogP contribution in [0.25, 0.3) is 0 Å². The smallest absolute Gasteiger partial charge is 0.261 e. The van der Waals surface area contributed by atoms with Crippen LogP contribution in [0.15, 0.2) is 42.5 Å². The Balaban J connectivity index is 1.35. The summed E-state index contributed by atoms with van der Waals surface area (Å²) in [7, 11) is 0. The van der Waals surface area contributed by atoms with Gasteiger partial charge in [-0.3, -0.25) is 19.3 Å². The average molecular weight is 453 g/mol. The average Bonchev–Trinajstić information content (AvgIpc) is 3.03. The van der Waals surface area contributed by atoms with Crippen molar-refractivity contribution in [3.8, 4) is 0 Å². The third-order valence-electron chi connectivity index (χ3n) is 6.59. The molecule has 1 fully saturated rings. The fourth-order valence-corrected chi connectivity index (χ4v) is 4.74. The van der Waals surface area contributed by atoms with Gasteiger partial charge in [-0.15, -0.1) is 0 Å². The molecule has 6 heteroatoms. The normalized spacial score (nSPS) is 18.8. The molecule has 0 saturated carbocycles. The first-order valence-corrected chi connectivity index (χ1v) is 11.8. The molecule has 4 rings (SSSR count). The van der Waals surface area contributed by atoms with Crippen LogP contribution in [0.1, 0.15) is 82.1 Å². The zero-order valence-corrected chi connectivity index (χ0v) is 19.2. The Morgan fingerprint density at radius 1 is 1.00 bits per heavy atom. The molecule has 2 aromatic carbocycles. The Bertz CT molecular complexity index is 1020. The van der Waals surface area contributed by atoms with Crippen LogP contribution >= 0.6 is 11.6 Å². The monoisotopic (exact) mass is 452 g/mol. The second-order valence-corrected chi connectivity index (χ2v) is 9.28. The van der Waals surface area contributed by atoms with Crippen LogP contribution in [0.3, 0.4) is 0 Å². The van der Waals surface area contributed by atoms with Crippen LogP contribution in [0.5, 0.6) is 0 Å². The number of carbonyl (C=O) groups excluding carboxylic acids is 3. The molecule has 0 bridgehead atoms. The van der Waals surface area contributed by atoms with Crippen molar-refractivity contribution in [1.82, 2.24) is 9.80 Å². The molecule has 1 atom stereocenters. The van der Waals surface area contributed by atoms with Gasteiger partial charge in [0.25, 0.3) is 11.8 Å². The number of halogens is 1. The summed E-state index contributed by atoms with van der Waals surface area (Å²) < 4.78 is 0. The van der Waals surface area contributed by atoms with E-state index in [1.54, 1.807) is 42.5 Å². The van der Waals surface area contributed by atoms with Gasteiger partial charge in [-0.1, -0.05) is 36.2 Å². The molecular weight excluding hydrogens is 424 g/mol. The number of fused-ring (bicyclic) bond motifs is 1. The van der Waals surface area contributed by atoms with Crippen molar-refractivity contribution in [3.63, 3.8) is 0 Å². The number of benzene rings is 2. The van der Waals surface area contributed by atoms with Gasteiger partial charge in [0.15, 0.2) is 5.78 Å². The molecule has 1 unspecified atom stereocenters. The fourth-order valence-electron chi connectivity index (χ4n) is 4.61. The van der Waals surface area contributed by atoms with E-state index in [1.807, 2.05) is 0 Å². The van der Waals surface area contributed by atoms with E-state index in [9.17, 15) is 14.4 Å². The predicted molar refractivity (Wildman–Crippen MR) is 125 cm³/mol. The lowest BCUT2D eigenvalue weighted by Gasteiger charge is -2.33. The maximum Gasteiger partial charge on any atom is 0.261 e. The Hall–Kier alpha value is -2.50. The second kappa shape index (κ2) is 9.97. The molecule has 168 valence electrons. The Kier molecular flexibility index (Phi) is 7.07. The van der Waals surface area contributed by atoms with Gasteiger partial charge in [0.1, 0.15) is 0 Å². The number of Topliss-reactive ketones (excluding diaryl/α,β-unsaturated/α-hetero) is 1. The number of carbonyl (C=O) groups is 3. The molecular formula is C26H29ClN2O3. The Morgan fingerprint density at radius 2 is 1.75 bits per heavy atom. The van der Waals surface area contributed by atoms with E-state index in [-0.39, 0.29) is 24.1 Å². The van der Waals surface area contributed by atoms with Gasteiger partial charge in [0.2, 0.25) is 0 Å². The maximum absolute atomic E-state index is 12.9. The summed E-state index contributed by atoms with van der Waals surface area (Å²) >= 11 is 5.92. The van der Waals surface area contributed by atoms with Crippen LogP contribution < -0.4 is 0 Å². The summed E-state index contributed by atoms with van der Waals surface area (Å²) in [5, 5.41) is 0.602. The van der Waals surface area contributed by atoms with Crippen LogP contribution in [0.4, 0.5) is 0 Å². The number of piperidine rings is 1. The largest absolute Gasteiger partial charge is 0.301 e. The van der Waals surface area contributed by atoms with E-state index in [2.05, 4.69) is 11.8 Å². The van der Waals surface area contributed by atoms with Gasteiger partial charge in [0.05, 0.1) is 17.7 Å². The van der Waals surface area contributed by atoms with Gasteiger partial charge in [-0.25, -0.2) is 0 Å². The minimum absolute atomic E-state index is 0.0240. The first-order valence-electron chi connectivity index (χ1n) is 11.5. The molecule has 2 aliphatic heterocycles. The predicted octanol–water partition coefficient (Wildman–Crippen LogP) is 5.36. The van der Waals surface area contributed by atoms with Crippen LogP contribution in [0.2, 0.25) is 5.02 Å².